The minimum Gasteiger partial charge on any atom is -0.336 e. The normalized spacial score (nSPS) is 13.8. The van der Waals surface area contributed by atoms with Gasteiger partial charge in [0.05, 0.1) is 18.1 Å². The molecule has 1 atom stereocenters. The van der Waals surface area contributed by atoms with Crippen molar-refractivity contribution in [1.82, 2.24) is 14.9 Å². The fourth-order valence-electron chi connectivity index (χ4n) is 1.49. The van der Waals surface area contributed by atoms with Crippen LogP contribution in [0.15, 0.2) is 12.5 Å². The highest BCUT2D eigenvalue weighted by Gasteiger charge is 2.15. The van der Waals surface area contributed by atoms with E-state index in [0.717, 1.165) is 0 Å². The smallest absolute Gasteiger partial charge is 0.0946 e. The van der Waals surface area contributed by atoms with Gasteiger partial charge in [0, 0.05) is 13.2 Å². The van der Waals surface area contributed by atoms with Crippen LogP contribution in [-0.4, -0.2) is 16.6 Å². The molecule has 0 amide bonds. The molecule has 68 valence electrons. The van der Waals surface area contributed by atoms with Crippen LogP contribution < -0.4 is 5.32 Å². The van der Waals surface area contributed by atoms with Gasteiger partial charge in [0.25, 0.3) is 0 Å². The van der Waals surface area contributed by atoms with Crippen LogP contribution in [0.25, 0.3) is 0 Å². The number of nitrogens with zero attached hydrogens (tertiary/aromatic N) is 2. The van der Waals surface area contributed by atoms with E-state index < -0.39 is 0 Å². The molecule has 1 heterocycles. The molecule has 1 aromatic rings. The first-order valence-corrected chi connectivity index (χ1v) is 4.30. The molecule has 12 heavy (non-hydrogen) atoms. The molecule has 1 N–H and O–H groups in total. The second-order valence-electron chi connectivity index (χ2n) is 3.44. The van der Waals surface area contributed by atoms with Crippen molar-refractivity contribution in [3.05, 3.63) is 18.2 Å². The van der Waals surface area contributed by atoms with Crippen LogP contribution in [0.4, 0.5) is 0 Å². The number of aromatic nitrogens is 2. The lowest BCUT2D eigenvalue weighted by Gasteiger charge is -2.20. The van der Waals surface area contributed by atoms with Gasteiger partial charge in [-0.1, -0.05) is 13.8 Å². The zero-order chi connectivity index (χ0) is 9.14. The summed E-state index contributed by atoms with van der Waals surface area (Å²) in [5, 5.41) is 3.28. The Morgan fingerprint density at radius 3 is 2.50 bits per heavy atom. The van der Waals surface area contributed by atoms with Crippen molar-refractivity contribution < 1.29 is 0 Å². The number of rotatable bonds is 3. The van der Waals surface area contributed by atoms with Gasteiger partial charge in [-0.15, -0.1) is 0 Å². The van der Waals surface area contributed by atoms with E-state index in [2.05, 4.69) is 28.7 Å². The topological polar surface area (TPSA) is 29.9 Å². The summed E-state index contributed by atoms with van der Waals surface area (Å²) >= 11 is 0. The van der Waals surface area contributed by atoms with Gasteiger partial charge in [-0.05, 0) is 13.0 Å². The Balaban J connectivity index is 2.87. The Morgan fingerprint density at radius 2 is 2.17 bits per heavy atom. The highest BCUT2D eigenvalue weighted by atomic mass is 15.1. The summed E-state index contributed by atoms with van der Waals surface area (Å²) in [5.41, 5.74) is 1.24. The zero-order valence-corrected chi connectivity index (χ0v) is 8.20. The molecule has 0 aliphatic carbocycles. The third-order valence-electron chi connectivity index (χ3n) is 2.15. The van der Waals surface area contributed by atoms with Crippen molar-refractivity contribution in [3.8, 4) is 0 Å². The summed E-state index contributed by atoms with van der Waals surface area (Å²) in [4.78, 5) is 4.10. The number of aryl methyl sites for hydroxylation is 1. The maximum Gasteiger partial charge on any atom is 0.0946 e. The van der Waals surface area contributed by atoms with Gasteiger partial charge in [0.1, 0.15) is 0 Å². The second kappa shape index (κ2) is 3.72. The van der Waals surface area contributed by atoms with Crippen LogP contribution in [0.5, 0.6) is 0 Å². The van der Waals surface area contributed by atoms with Gasteiger partial charge in [-0.25, -0.2) is 4.98 Å². The SMILES string of the molecule is CNC(c1cncn1C)C(C)C. The first-order chi connectivity index (χ1) is 5.66. The molecule has 1 unspecified atom stereocenters. The van der Waals surface area contributed by atoms with Crippen LogP contribution in [0.2, 0.25) is 0 Å². The standard InChI is InChI=1S/C9H17N3/c1-7(2)9(10-3)8-5-11-6-12(8)4/h5-7,9-10H,1-4H3. The Kier molecular flexibility index (Phi) is 2.87. The summed E-state index contributed by atoms with van der Waals surface area (Å²) in [6, 6.07) is 0.400. The van der Waals surface area contributed by atoms with Crippen molar-refractivity contribution >= 4 is 0 Å². The molecule has 1 rings (SSSR count). The fourth-order valence-corrected chi connectivity index (χ4v) is 1.49. The van der Waals surface area contributed by atoms with Gasteiger partial charge in [-0.2, -0.15) is 0 Å². The average molecular weight is 167 g/mol. The lowest BCUT2D eigenvalue weighted by atomic mass is 10.0. The highest BCUT2D eigenvalue weighted by molar-refractivity contribution is 5.05. The predicted octanol–water partition coefficient (Wildman–Crippen LogP) is 1.34. The molecule has 0 saturated carbocycles. The monoisotopic (exact) mass is 167 g/mol. The molecule has 0 aromatic carbocycles. The van der Waals surface area contributed by atoms with E-state index in [4.69, 9.17) is 0 Å². The van der Waals surface area contributed by atoms with Crippen LogP contribution in [0.1, 0.15) is 25.6 Å². The lowest BCUT2D eigenvalue weighted by molar-refractivity contribution is 0.423. The molecule has 0 radical (unpaired) electrons. The first-order valence-electron chi connectivity index (χ1n) is 4.30. The van der Waals surface area contributed by atoms with Crippen molar-refractivity contribution in [2.45, 2.75) is 19.9 Å². The fraction of sp³-hybridized carbons (Fsp3) is 0.667. The summed E-state index contributed by atoms with van der Waals surface area (Å²) in [5.74, 6) is 0.588. The molecule has 3 nitrogen and oxygen atoms in total. The zero-order valence-electron chi connectivity index (χ0n) is 8.20. The molecule has 1 aromatic heterocycles. The molecule has 0 fully saturated rings. The molecular formula is C9H17N3. The van der Waals surface area contributed by atoms with Crippen molar-refractivity contribution in [3.63, 3.8) is 0 Å². The van der Waals surface area contributed by atoms with Gasteiger partial charge < -0.3 is 9.88 Å². The number of nitrogens with one attached hydrogen (secondary N) is 1. The van der Waals surface area contributed by atoms with E-state index in [9.17, 15) is 0 Å². The minimum atomic E-state index is 0.400. The maximum absolute atomic E-state index is 4.10. The third kappa shape index (κ3) is 1.67. The second-order valence-corrected chi connectivity index (χ2v) is 3.44. The molecule has 0 bridgehead atoms. The first kappa shape index (κ1) is 9.26. The van der Waals surface area contributed by atoms with Gasteiger partial charge in [0.15, 0.2) is 0 Å². The summed E-state index contributed by atoms with van der Waals surface area (Å²) in [6.45, 7) is 4.41. The van der Waals surface area contributed by atoms with E-state index in [1.807, 2.05) is 26.6 Å². The highest BCUT2D eigenvalue weighted by Crippen LogP contribution is 2.19. The number of hydrogen-bond acceptors (Lipinski definition) is 2. The molecular weight excluding hydrogens is 150 g/mol. The minimum absolute atomic E-state index is 0.400. The Morgan fingerprint density at radius 1 is 1.50 bits per heavy atom. The number of hydrogen-bond donors (Lipinski definition) is 1. The van der Waals surface area contributed by atoms with E-state index in [1.165, 1.54) is 5.69 Å². The number of imidazole rings is 1. The van der Waals surface area contributed by atoms with Gasteiger partial charge >= 0.3 is 0 Å². The largest absolute Gasteiger partial charge is 0.336 e. The van der Waals surface area contributed by atoms with Crippen molar-refractivity contribution in [2.75, 3.05) is 7.05 Å². The predicted molar refractivity (Wildman–Crippen MR) is 49.8 cm³/mol. The Bertz CT molecular complexity index is 240. The Hall–Kier alpha value is -0.830. The maximum atomic E-state index is 4.10. The summed E-state index contributed by atoms with van der Waals surface area (Å²) < 4.78 is 2.06. The average Bonchev–Trinajstić information content (AvgIpc) is 2.38. The van der Waals surface area contributed by atoms with Crippen molar-refractivity contribution in [2.24, 2.45) is 13.0 Å². The van der Waals surface area contributed by atoms with Crippen LogP contribution in [0.3, 0.4) is 0 Å². The molecule has 0 saturated heterocycles. The van der Waals surface area contributed by atoms with Gasteiger partial charge in [0.2, 0.25) is 0 Å². The van der Waals surface area contributed by atoms with Crippen LogP contribution in [0, 0.1) is 5.92 Å². The van der Waals surface area contributed by atoms with E-state index >= 15 is 0 Å². The lowest BCUT2D eigenvalue weighted by Crippen LogP contribution is -2.23. The van der Waals surface area contributed by atoms with Crippen LogP contribution in [-0.2, 0) is 7.05 Å². The van der Waals surface area contributed by atoms with E-state index in [1.54, 1.807) is 0 Å². The summed E-state index contributed by atoms with van der Waals surface area (Å²) in [7, 11) is 4.01. The molecule has 3 heteroatoms. The van der Waals surface area contributed by atoms with Crippen molar-refractivity contribution in [1.29, 1.82) is 0 Å². The van der Waals surface area contributed by atoms with Crippen LogP contribution >= 0.6 is 0 Å². The summed E-state index contributed by atoms with van der Waals surface area (Å²) in [6.07, 6.45) is 3.75. The molecule has 0 aliphatic rings. The van der Waals surface area contributed by atoms with E-state index in [-0.39, 0.29) is 0 Å². The Labute approximate surface area is 73.8 Å². The molecule has 0 spiro atoms. The van der Waals surface area contributed by atoms with Gasteiger partial charge in [-0.3, -0.25) is 0 Å². The molecule has 0 aliphatic heterocycles. The quantitative estimate of drug-likeness (QED) is 0.736. The third-order valence-corrected chi connectivity index (χ3v) is 2.15. The van der Waals surface area contributed by atoms with E-state index in [0.29, 0.717) is 12.0 Å².